The molecule has 10 nitrogen and oxygen atoms in total. The third kappa shape index (κ3) is 3.00. The summed E-state index contributed by atoms with van der Waals surface area (Å²) in [5.74, 6) is -1.98. The number of anilines is 1. The minimum absolute atomic E-state index is 0.260. The second-order valence-corrected chi connectivity index (χ2v) is 4.31. The Bertz CT molecular complexity index is 846. The summed E-state index contributed by atoms with van der Waals surface area (Å²) < 4.78 is 1.46. The van der Waals surface area contributed by atoms with Crippen molar-refractivity contribution in [3.05, 3.63) is 54.4 Å². The second kappa shape index (κ2) is 5.97. The van der Waals surface area contributed by atoms with Crippen LogP contribution in [0.4, 0.5) is 5.69 Å². The van der Waals surface area contributed by atoms with Crippen LogP contribution < -0.4 is 5.32 Å². The first-order valence-corrected chi connectivity index (χ1v) is 6.34. The highest BCUT2D eigenvalue weighted by atomic mass is 16.4. The van der Waals surface area contributed by atoms with Crippen molar-refractivity contribution < 1.29 is 14.7 Å². The number of carboxylic acid groups (broad SMARTS) is 1. The molecule has 114 valence electrons. The quantitative estimate of drug-likeness (QED) is 0.706. The van der Waals surface area contributed by atoms with Crippen molar-refractivity contribution in [3.8, 4) is 5.69 Å². The molecule has 0 bridgehead atoms. The molecule has 0 aliphatic rings. The van der Waals surface area contributed by atoms with Gasteiger partial charge in [0.2, 0.25) is 0 Å². The van der Waals surface area contributed by atoms with Crippen LogP contribution in [0.5, 0.6) is 0 Å². The first-order valence-electron chi connectivity index (χ1n) is 6.34. The van der Waals surface area contributed by atoms with E-state index in [0.29, 0.717) is 11.4 Å². The minimum atomic E-state index is -1.32. The van der Waals surface area contributed by atoms with E-state index in [0.717, 1.165) is 0 Å². The number of hydrogen-bond donors (Lipinski definition) is 2. The first kappa shape index (κ1) is 14.3. The van der Waals surface area contributed by atoms with Crippen LogP contribution in [-0.2, 0) is 0 Å². The van der Waals surface area contributed by atoms with Gasteiger partial charge in [0.1, 0.15) is 6.33 Å². The Morgan fingerprint density at radius 2 is 1.74 bits per heavy atom. The number of aromatic nitrogens is 6. The van der Waals surface area contributed by atoms with Crippen LogP contribution in [0.25, 0.3) is 5.69 Å². The molecule has 0 unspecified atom stereocenters. The zero-order valence-corrected chi connectivity index (χ0v) is 11.5. The maximum atomic E-state index is 12.1. The fraction of sp³-hybridized carbons (Fsp3) is 0. The number of carbonyl (C=O) groups excluding carboxylic acids is 1. The van der Waals surface area contributed by atoms with Gasteiger partial charge in [0.05, 0.1) is 5.69 Å². The predicted molar refractivity (Wildman–Crippen MR) is 76.1 cm³/mol. The summed E-state index contributed by atoms with van der Waals surface area (Å²) in [6.07, 6.45) is 3.90. The van der Waals surface area contributed by atoms with Crippen molar-refractivity contribution in [1.29, 1.82) is 0 Å². The molecule has 3 rings (SSSR count). The van der Waals surface area contributed by atoms with Crippen LogP contribution in [-0.4, -0.2) is 47.2 Å². The van der Waals surface area contributed by atoms with E-state index in [9.17, 15) is 9.59 Å². The van der Waals surface area contributed by atoms with Crippen LogP contribution in [0.1, 0.15) is 21.0 Å². The van der Waals surface area contributed by atoms with Crippen molar-refractivity contribution in [2.24, 2.45) is 0 Å². The van der Waals surface area contributed by atoms with E-state index in [-0.39, 0.29) is 5.69 Å². The molecule has 0 saturated heterocycles. The van der Waals surface area contributed by atoms with Crippen molar-refractivity contribution >= 4 is 17.6 Å². The summed E-state index contributed by atoms with van der Waals surface area (Å²) in [5, 5.41) is 22.4. The van der Waals surface area contributed by atoms with E-state index in [4.69, 9.17) is 5.11 Å². The molecule has 1 amide bonds. The van der Waals surface area contributed by atoms with Crippen LogP contribution in [0, 0.1) is 0 Å². The molecule has 1 aromatic carbocycles. The number of amides is 1. The van der Waals surface area contributed by atoms with Crippen LogP contribution in [0.2, 0.25) is 0 Å². The van der Waals surface area contributed by atoms with Gasteiger partial charge in [0, 0.05) is 18.1 Å². The van der Waals surface area contributed by atoms with Gasteiger partial charge in [0.25, 0.3) is 5.91 Å². The van der Waals surface area contributed by atoms with Gasteiger partial charge in [-0.2, -0.15) is 0 Å². The summed E-state index contributed by atoms with van der Waals surface area (Å²) in [7, 11) is 0. The normalized spacial score (nSPS) is 10.3. The Labute approximate surface area is 128 Å². The number of carbonyl (C=O) groups is 2. The predicted octanol–water partition coefficient (Wildman–Crippen LogP) is 0.403. The Kier molecular flexibility index (Phi) is 3.70. The molecule has 10 heteroatoms. The number of tetrazole rings is 1. The molecule has 0 atom stereocenters. The molecule has 0 aliphatic carbocycles. The average molecular weight is 311 g/mol. The van der Waals surface area contributed by atoms with E-state index in [2.05, 4.69) is 30.8 Å². The number of nitrogens with zero attached hydrogens (tertiary/aromatic N) is 6. The van der Waals surface area contributed by atoms with Crippen molar-refractivity contribution in [2.45, 2.75) is 0 Å². The Hall–Kier alpha value is -3.69. The standard InChI is InChI=1S/C13H9N7O3/c21-12(10-11(13(22)23)15-6-5-14-10)17-8-1-3-9(4-2-8)20-7-16-18-19-20/h1-7H,(H,17,21)(H,22,23). The Morgan fingerprint density at radius 3 is 2.35 bits per heavy atom. The number of rotatable bonds is 4. The van der Waals surface area contributed by atoms with Gasteiger partial charge in [-0.05, 0) is 34.7 Å². The lowest BCUT2D eigenvalue weighted by Crippen LogP contribution is -2.19. The van der Waals surface area contributed by atoms with Crippen molar-refractivity contribution in [1.82, 2.24) is 30.2 Å². The smallest absolute Gasteiger partial charge is 0.356 e. The SMILES string of the molecule is O=C(O)c1nccnc1C(=O)Nc1ccc(-n2cnnn2)cc1. The summed E-state index contributed by atoms with van der Waals surface area (Å²) in [4.78, 5) is 30.6. The van der Waals surface area contributed by atoms with E-state index in [1.54, 1.807) is 24.3 Å². The summed E-state index contributed by atoms with van der Waals surface area (Å²) in [6, 6.07) is 6.65. The lowest BCUT2D eigenvalue weighted by atomic mass is 10.2. The fourth-order valence-electron chi connectivity index (χ4n) is 1.83. The Morgan fingerprint density at radius 1 is 1.04 bits per heavy atom. The molecule has 23 heavy (non-hydrogen) atoms. The number of benzene rings is 1. The molecule has 0 spiro atoms. The summed E-state index contributed by atoms with van der Waals surface area (Å²) in [5.41, 5.74) is 0.507. The highest BCUT2D eigenvalue weighted by molar-refractivity contribution is 6.08. The molecule has 2 aromatic heterocycles. The highest BCUT2D eigenvalue weighted by Crippen LogP contribution is 2.13. The molecule has 0 saturated carbocycles. The lowest BCUT2D eigenvalue weighted by molar-refractivity contribution is 0.0685. The van der Waals surface area contributed by atoms with Gasteiger partial charge in [0.15, 0.2) is 11.4 Å². The largest absolute Gasteiger partial charge is 0.476 e. The summed E-state index contributed by atoms with van der Waals surface area (Å²) in [6.45, 7) is 0. The van der Waals surface area contributed by atoms with Crippen molar-refractivity contribution in [3.63, 3.8) is 0 Å². The summed E-state index contributed by atoms with van der Waals surface area (Å²) >= 11 is 0. The topological polar surface area (TPSA) is 136 Å². The van der Waals surface area contributed by atoms with Gasteiger partial charge >= 0.3 is 5.97 Å². The molecule has 2 N–H and O–H groups in total. The molecule has 0 fully saturated rings. The third-order valence-corrected chi connectivity index (χ3v) is 2.85. The van der Waals surface area contributed by atoms with E-state index >= 15 is 0 Å². The maximum Gasteiger partial charge on any atom is 0.356 e. The minimum Gasteiger partial charge on any atom is -0.476 e. The van der Waals surface area contributed by atoms with E-state index < -0.39 is 17.6 Å². The van der Waals surface area contributed by atoms with E-state index in [1.807, 2.05) is 0 Å². The maximum absolute atomic E-state index is 12.1. The van der Waals surface area contributed by atoms with Crippen LogP contribution in [0.3, 0.4) is 0 Å². The third-order valence-electron chi connectivity index (χ3n) is 2.85. The number of carboxylic acids is 1. The van der Waals surface area contributed by atoms with Gasteiger partial charge < -0.3 is 10.4 Å². The monoisotopic (exact) mass is 311 g/mol. The van der Waals surface area contributed by atoms with Gasteiger partial charge in [-0.1, -0.05) is 0 Å². The molecular weight excluding hydrogens is 302 g/mol. The van der Waals surface area contributed by atoms with Gasteiger partial charge in [-0.3, -0.25) is 4.79 Å². The number of hydrogen-bond acceptors (Lipinski definition) is 7. The van der Waals surface area contributed by atoms with Crippen LogP contribution in [0.15, 0.2) is 43.0 Å². The molecular formula is C13H9N7O3. The van der Waals surface area contributed by atoms with Crippen molar-refractivity contribution in [2.75, 3.05) is 5.32 Å². The molecule has 0 aliphatic heterocycles. The molecule has 3 aromatic rings. The highest BCUT2D eigenvalue weighted by Gasteiger charge is 2.19. The number of aromatic carboxylic acids is 1. The average Bonchev–Trinajstić information content (AvgIpc) is 3.10. The van der Waals surface area contributed by atoms with E-state index in [1.165, 1.54) is 23.4 Å². The van der Waals surface area contributed by atoms with Crippen LogP contribution >= 0.6 is 0 Å². The molecule has 2 heterocycles. The van der Waals surface area contributed by atoms with Gasteiger partial charge in [-0.25, -0.2) is 19.4 Å². The second-order valence-electron chi connectivity index (χ2n) is 4.31. The Balaban J connectivity index is 1.80. The first-order chi connectivity index (χ1) is 11.1. The van der Waals surface area contributed by atoms with Gasteiger partial charge in [-0.15, -0.1) is 5.10 Å². The molecule has 0 radical (unpaired) electrons. The zero-order chi connectivity index (χ0) is 16.2. The fourth-order valence-corrected chi connectivity index (χ4v) is 1.83. The lowest BCUT2D eigenvalue weighted by Gasteiger charge is -2.07. The zero-order valence-electron chi connectivity index (χ0n) is 11.5. The number of nitrogens with one attached hydrogen (secondary N) is 1.